The number of rotatable bonds is 4. The summed E-state index contributed by atoms with van der Waals surface area (Å²) in [5.41, 5.74) is 6.36. The largest absolute Gasteiger partial charge is 0.491 e. The van der Waals surface area contributed by atoms with Crippen LogP contribution in [0.4, 0.5) is 5.69 Å². The average molecular weight is 219 g/mol. The van der Waals surface area contributed by atoms with Crippen LogP contribution in [0.2, 0.25) is 0 Å². The van der Waals surface area contributed by atoms with E-state index in [1.807, 2.05) is 18.2 Å². The quantitative estimate of drug-likeness (QED) is 0.790. The molecule has 2 aromatic rings. The van der Waals surface area contributed by atoms with Crippen LogP contribution in [0.5, 0.6) is 5.75 Å². The summed E-state index contributed by atoms with van der Waals surface area (Å²) in [5, 5.41) is 3.69. The van der Waals surface area contributed by atoms with E-state index in [1.165, 1.54) is 0 Å². The zero-order chi connectivity index (χ0) is 11.4. The molecule has 16 heavy (non-hydrogen) atoms. The van der Waals surface area contributed by atoms with Gasteiger partial charge in [0.2, 0.25) is 5.89 Å². The fourth-order valence-corrected chi connectivity index (χ4v) is 1.30. The Morgan fingerprint density at radius 3 is 2.88 bits per heavy atom. The van der Waals surface area contributed by atoms with Crippen molar-refractivity contribution in [3.05, 3.63) is 36.0 Å². The number of benzene rings is 1. The highest BCUT2D eigenvalue weighted by Crippen LogP contribution is 2.19. The van der Waals surface area contributed by atoms with E-state index >= 15 is 0 Å². The SMILES string of the molecule is Cc1noc(CCOc2ccccc2N)n1. The van der Waals surface area contributed by atoms with Crippen molar-refractivity contribution >= 4 is 5.69 Å². The van der Waals surface area contributed by atoms with Crippen LogP contribution in [-0.2, 0) is 6.42 Å². The van der Waals surface area contributed by atoms with Gasteiger partial charge in [0.25, 0.3) is 0 Å². The zero-order valence-electron chi connectivity index (χ0n) is 9.01. The first-order valence-electron chi connectivity index (χ1n) is 5.02. The van der Waals surface area contributed by atoms with Gasteiger partial charge < -0.3 is 15.0 Å². The van der Waals surface area contributed by atoms with Gasteiger partial charge in [-0.2, -0.15) is 4.98 Å². The molecule has 0 spiro atoms. The first kappa shape index (κ1) is 10.5. The molecule has 2 N–H and O–H groups in total. The van der Waals surface area contributed by atoms with E-state index in [0.29, 0.717) is 36.2 Å². The predicted molar refractivity (Wildman–Crippen MR) is 59.1 cm³/mol. The van der Waals surface area contributed by atoms with Gasteiger partial charge >= 0.3 is 0 Å². The van der Waals surface area contributed by atoms with Crippen molar-refractivity contribution < 1.29 is 9.26 Å². The fraction of sp³-hybridized carbons (Fsp3) is 0.273. The van der Waals surface area contributed by atoms with Crippen LogP contribution < -0.4 is 10.5 Å². The number of nitrogen functional groups attached to an aromatic ring is 1. The smallest absolute Gasteiger partial charge is 0.230 e. The molecule has 1 aromatic heterocycles. The Labute approximate surface area is 93.2 Å². The number of hydrogen-bond acceptors (Lipinski definition) is 5. The van der Waals surface area contributed by atoms with Crippen molar-refractivity contribution in [3.63, 3.8) is 0 Å². The fourth-order valence-electron chi connectivity index (χ4n) is 1.30. The van der Waals surface area contributed by atoms with Gasteiger partial charge in [-0.3, -0.25) is 0 Å². The molecule has 0 radical (unpaired) electrons. The molecule has 0 aliphatic rings. The minimum absolute atomic E-state index is 0.468. The van der Waals surface area contributed by atoms with Crippen molar-refractivity contribution in [3.8, 4) is 5.75 Å². The second-order valence-corrected chi connectivity index (χ2v) is 3.37. The van der Waals surface area contributed by atoms with Gasteiger partial charge in [-0.15, -0.1) is 0 Å². The van der Waals surface area contributed by atoms with Gasteiger partial charge in [-0.25, -0.2) is 0 Å². The summed E-state index contributed by atoms with van der Waals surface area (Å²) in [4.78, 5) is 4.08. The van der Waals surface area contributed by atoms with Gasteiger partial charge in [-0.05, 0) is 19.1 Å². The van der Waals surface area contributed by atoms with Gasteiger partial charge in [0.1, 0.15) is 5.75 Å². The predicted octanol–water partition coefficient (Wildman–Crippen LogP) is 1.58. The van der Waals surface area contributed by atoms with Crippen LogP contribution in [0.3, 0.4) is 0 Å². The van der Waals surface area contributed by atoms with Crippen LogP contribution in [0.1, 0.15) is 11.7 Å². The molecule has 0 amide bonds. The lowest BCUT2D eigenvalue weighted by Crippen LogP contribution is -2.03. The average Bonchev–Trinajstić information content (AvgIpc) is 2.67. The number of aromatic nitrogens is 2. The minimum atomic E-state index is 0.468. The van der Waals surface area contributed by atoms with Crippen molar-refractivity contribution in [2.45, 2.75) is 13.3 Å². The number of nitrogens with two attached hydrogens (primary N) is 1. The van der Waals surface area contributed by atoms with E-state index in [2.05, 4.69) is 10.1 Å². The molecule has 1 aromatic carbocycles. The molecule has 0 fully saturated rings. The van der Waals surface area contributed by atoms with Crippen LogP contribution in [0.15, 0.2) is 28.8 Å². The van der Waals surface area contributed by atoms with Crippen LogP contribution in [0.25, 0.3) is 0 Å². The number of anilines is 1. The van der Waals surface area contributed by atoms with E-state index in [-0.39, 0.29) is 0 Å². The van der Waals surface area contributed by atoms with Gasteiger partial charge in [0.05, 0.1) is 18.7 Å². The molecule has 0 aliphatic carbocycles. The molecule has 0 atom stereocenters. The van der Waals surface area contributed by atoms with Crippen molar-refractivity contribution in [1.29, 1.82) is 0 Å². The van der Waals surface area contributed by atoms with Crippen LogP contribution in [0, 0.1) is 6.92 Å². The minimum Gasteiger partial charge on any atom is -0.491 e. The first-order valence-corrected chi connectivity index (χ1v) is 5.02. The Balaban J connectivity index is 1.87. The van der Waals surface area contributed by atoms with Crippen LogP contribution >= 0.6 is 0 Å². The molecule has 5 heteroatoms. The maximum absolute atomic E-state index is 5.73. The molecular formula is C11H13N3O2. The summed E-state index contributed by atoms with van der Waals surface area (Å²) < 4.78 is 10.5. The number of nitrogens with zero attached hydrogens (tertiary/aromatic N) is 2. The van der Waals surface area contributed by atoms with Crippen LogP contribution in [-0.4, -0.2) is 16.7 Å². The number of aryl methyl sites for hydroxylation is 1. The lowest BCUT2D eigenvalue weighted by molar-refractivity contribution is 0.293. The summed E-state index contributed by atoms with van der Waals surface area (Å²) in [6.45, 7) is 2.25. The molecule has 2 rings (SSSR count). The Hall–Kier alpha value is -2.04. The van der Waals surface area contributed by atoms with E-state index in [9.17, 15) is 0 Å². The summed E-state index contributed by atoms with van der Waals surface area (Å²) in [7, 11) is 0. The molecule has 84 valence electrons. The highest BCUT2D eigenvalue weighted by atomic mass is 16.5. The monoisotopic (exact) mass is 219 g/mol. The normalized spacial score (nSPS) is 10.3. The lowest BCUT2D eigenvalue weighted by Gasteiger charge is -2.06. The molecule has 5 nitrogen and oxygen atoms in total. The Bertz CT molecular complexity index is 468. The second-order valence-electron chi connectivity index (χ2n) is 3.37. The van der Waals surface area contributed by atoms with E-state index < -0.39 is 0 Å². The maximum atomic E-state index is 5.73. The highest BCUT2D eigenvalue weighted by molar-refractivity contribution is 5.51. The number of hydrogen-bond donors (Lipinski definition) is 1. The zero-order valence-corrected chi connectivity index (χ0v) is 9.01. The summed E-state index contributed by atoms with van der Waals surface area (Å²) in [6, 6.07) is 7.37. The third-order valence-electron chi connectivity index (χ3n) is 2.06. The van der Waals surface area contributed by atoms with E-state index in [1.54, 1.807) is 13.0 Å². The van der Waals surface area contributed by atoms with Gasteiger partial charge in [0, 0.05) is 0 Å². The summed E-state index contributed by atoms with van der Waals surface area (Å²) in [5.74, 6) is 1.89. The Kier molecular flexibility index (Phi) is 3.05. The van der Waals surface area contributed by atoms with Crippen molar-refractivity contribution in [2.75, 3.05) is 12.3 Å². The summed E-state index contributed by atoms with van der Waals surface area (Å²) >= 11 is 0. The van der Waals surface area contributed by atoms with Gasteiger partial charge in [0.15, 0.2) is 5.82 Å². The topological polar surface area (TPSA) is 74.2 Å². The number of para-hydroxylation sites is 2. The molecule has 0 bridgehead atoms. The third kappa shape index (κ3) is 2.50. The standard InChI is InChI=1S/C11H13N3O2/c1-8-13-11(16-14-8)6-7-15-10-5-3-2-4-9(10)12/h2-5H,6-7,12H2,1H3. The molecule has 0 unspecified atom stereocenters. The third-order valence-corrected chi connectivity index (χ3v) is 2.06. The first-order chi connectivity index (χ1) is 7.75. The van der Waals surface area contributed by atoms with E-state index in [0.717, 1.165) is 0 Å². The Morgan fingerprint density at radius 2 is 2.19 bits per heavy atom. The molecule has 0 saturated carbocycles. The van der Waals surface area contributed by atoms with Crippen molar-refractivity contribution in [1.82, 2.24) is 10.1 Å². The van der Waals surface area contributed by atoms with Gasteiger partial charge in [-0.1, -0.05) is 17.3 Å². The maximum Gasteiger partial charge on any atom is 0.230 e. The molecule has 1 heterocycles. The van der Waals surface area contributed by atoms with E-state index in [4.69, 9.17) is 15.0 Å². The molecule has 0 saturated heterocycles. The molecule has 0 aliphatic heterocycles. The molecular weight excluding hydrogens is 206 g/mol. The second kappa shape index (κ2) is 4.65. The lowest BCUT2D eigenvalue weighted by atomic mass is 10.3. The number of ether oxygens (including phenoxy) is 1. The Morgan fingerprint density at radius 1 is 1.38 bits per heavy atom. The summed E-state index contributed by atoms with van der Waals surface area (Å²) in [6.07, 6.45) is 0.579. The highest BCUT2D eigenvalue weighted by Gasteiger charge is 2.03. The van der Waals surface area contributed by atoms with Crippen molar-refractivity contribution in [2.24, 2.45) is 0 Å².